The van der Waals surface area contributed by atoms with Crippen LogP contribution in [0.1, 0.15) is 51.6 Å². The van der Waals surface area contributed by atoms with E-state index in [2.05, 4.69) is 52.6 Å². The van der Waals surface area contributed by atoms with Gasteiger partial charge in [-0.05, 0) is 49.4 Å². The van der Waals surface area contributed by atoms with Gasteiger partial charge in [0.25, 0.3) is 0 Å². The number of amides is 1. The summed E-state index contributed by atoms with van der Waals surface area (Å²) in [5, 5.41) is 0. The maximum Gasteiger partial charge on any atom is 0.225 e. The molecule has 2 aliphatic heterocycles. The zero-order valence-corrected chi connectivity index (χ0v) is 17.0. The number of aromatic nitrogens is 2. The Kier molecular flexibility index (Phi) is 4.22. The van der Waals surface area contributed by atoms with Gasteiger partial charge in [-0.1, -0.05) is 26.7 Å². The molecule has 2 aromatic heterocycles. The molecule has 4 heterocycles. The summed E-state index contributed by atoms with van der Waals surface area (Å²) in [7, 11) is 0. The van der Waals surface area contributed by atoms with Crippen LogP contribution in [-0.4, -0.2) is 40.0 Å². The second-order valence-corrected chi connectivity index (χ2v) is 9.14. The molecule has 1 spiro atoms. The third-order valence-corrected chi connectivity index (χ3v) is 6.84. The second kappa shape index (κ2) is 6.64. The fourth-order valence-corrected chi connectivity index (χ4v) is 5.58. The van der Waals surface area contributed by atoms with Crippen LogP contribution < -0.4 is 4.90 Å². The van der Waals surface area contributed by atoms with Crippen molar-refractivity contribution in [3.63, 3.8) is 0 Å². The minimum absolute atomic E-state index is 0.155. The molecule has 5 rings (SSSR count). The molecule has 1 atom stereocenters. The Bertz CT molecular complexity index is 882. The zero-order chi connectivity index (χ0) is 19.3. The second-order valence-electron chi connectivity index (χ2n) is 9.14. The van der Waals surface area contributed by atoms with Gasteiger partial charge in [0.05, 0.1) is 11.4 Å². The monoisotopic (exact) mass is 378 g/mol. The summed E-state index contributed by atoms with van der Waals surface area (Å²) in [5.41, 5.74) is 2.31. The van der Waals surface area contributed by atoms with Crippen LogP contribution in [0.25, 0.3) is 5.82 Å². The molecule has 0 radical (unpaired) electrons. The predicted octanol–water partition coefficient (Wildman–Crippen LogP) is 3.97. The number of likely N-dealkylation sites (tertiary alicyclic amines) is 1. The summed E-state index contributed by atoms with van der Waals surface area (Å²) in [5.74, 6) is 2.17. The summed E-state index contributed by atoms with van der Waals surface area (Å²) < 4.78 is 2.25. The number of hydrogen-bond donors (Lipinski definition) is 0. The van der Waals surface area contributed by atoms with Crippen molar-refractivity contribution in [3.05, 3.63) is 42.4 Å². The molecule has 5 heteroatoms. The lowest BCUT2D eigenvalue weighted by molar-refractivity contribution is -0.134. The molecule has 0 N–H and O–H groups in total. The predicted molar refractivity (Wildman–Crippen MR) is 111 cm³/mol. The van der Waals surface area contributed by atoms with Crippen LogP contribution in [-0.2, 0) is 10.3 Å². The first-order valence-corrected chi connectivity index (χ1v) is 10.8. The first-order chi connectivity index (χ1) is 13.6. The summed E-state index contributed by atoms with van der Waals surface area (Å²) in [6.45, 7) is 7.15. The maximum atomic E-state index is 13.2. The quantitative estimate of drug-likeness (QED) is 0.812. The van der Waals surface area contributed by atoms with E-state index in [0.29, 0.717) is 11.8 Å². The molecule has 1 amide bonds. The molecule has 0 aromatic carbocycles. The molecule has 1 saturated heterocycles. The molecule has 0 bridgehead atoms. The zero-order valence-electron chi connectivity index (χ0n) is 17.0. The Morgan fingerprint density at radius 1 is 1.25 bits per heavy atom. The first kappa shape index (κ1) is 17.8. The van der Waals surface area contributed by atoms with Gasteiger partial charge in [-0.2, -0.15) is 0 Å². The van der Waals surface area contributed by atoms with Gasteiger partial charge in [0.15, 0.2) is 5.82 Å². The van der Waals surface area contributed by atoms with Crippen molar-refractivity contribution >= 4 is 11.6 Å². The van der Waals surface area contributed by atoms with E-state index in [4.69, 9.17) is 4.98 Å². The number of pyridine rings is 1. The normalized spacial score (nSPS) is 24.2. The van der Waals surface area contributed by atoms with Gasteiger partial charge in [0.2, 0.25) is 5.91 Å². The highest BCUT2D eigenvalue weighted by atomic mass is 16.2. The molecule has 1 saturated carbocycles. The van der Waals surface area contributed by atoms with Crippen molar-refractivity contribution in [3.8, 4) is 5.82 Å². The molecule has 2 aromatic rings. The van der Waals surface area contributed by atoms with Gasteiger partial charge < -0.3 is 14.4 Å². The average Bonchev–Trinajstić information content (AvgIpc) is 3.45. The fourth-order valence-electron chi connectivity index (χ4n) is 5.58. The lowest BCUT2D eigenvalue weighted by Gasteiger charge is -2.48. The van der Waals surface area contributed by atoms with E-state index < -0.39 is 0 Å². The van der Waals surface area contributed by atoms with Gasteiger partial charge in [-0.25, -0.2) is 4.98 Å². The van der Waals surface area contributed by atoms with E-state index in [9.17, 15) is 4.79 Å². The Morgan fingerprint density at radius 3 is 2.86 bits per heavy atom. The Labute approximate surface area is 167 Å². The van der Waals surface area contributed by atoms with Gasteiger partial charge in [-0.15, -0.1) is 0 Å². The largest absolute Gasteiger partial charge is 0.355 e. The Morgan fingerprint density at radius 2 is 2.07 bits per heavy atom. The van der Waals surface area contributed by atoms with Crippen LogP contribution >= 0.6 is 0 Å². The highest BCUT2D eigenvalue weighted by Gasteiger charge is 2.51. The Hall–Kier alpha value is -2.30. The van der Waals surface area contributed by atoms with E-state index in [-0.39, 0.29) is 11.5 Å². The third-order valence-electron chi connectivity index (χ3n) is 6.84. The first-order valence-electron chi connectivity index (χ1n) is 10.8. The van der Waals surface area contributed by atoms with E-state index in [1.807, 2.05) is 12.3 Å². The minimum atomic E-state index is -0.155. The third kappa shape index (κ3) is 2.59. The summed E-state index contributed by atoms with van der Waals surface area (Å²) in [6, 6.07) is 8.58. The molecule has 2 fully saturated rings. The molecule has 1 aliphatic carbocycles. The number of hydrogen-bond acceptors (Lipinski definition) is 3. The van der Waals surface area contributed by atoms with Crippen molar-refractivity contribution in [2.75, 3.05) is 24.5 Å². The lowest BCUT2D eigenvalue weighted by Crippen LogP contribution is -2.54. The number of carbonyl (C=O) groups excluding carboxylic acids is 1. The van der Waals surface area contributed by atoms with Crippen LogP contribution in [0, 0.1) is 11.8 Å². The summed E-state index contributed by atoms with van der Waals surface area (Å²) >= 11 is 0. The van der Waals surface area contributed by atoms with Crippen molar-refractivity contribution < 1.29 is 4.79 Å². The molecule has 0 unspecified atom stereocenters. The van der Waals surface area contributed by atoms with Crippen molar-refractivity contribution in [2.24, 2.45) is 11.8 Å². The fraction of sp³-hybridized carbons (Fsp3) is 0.565. The van der Waals surface area contributed by atoms with E-state index in [1.54, 1.807) is 0 Å². The molecule has 5 nitrogen and oxygen atoms in total. The van der Waals surface area contributed by atoms with Crippen molar-refractivity contribution in [1.82, 2.24) is 14.5 Å². The van der Waals surface area contributed by atoms with Crippen molar-refractivity contribution in [2.45, 2.75) is 51.5 Å². The smallest absolute Gasteiger partial charge is 0.225 e. The van der Waals surface area contributed by atoms with Crippen LogP contribution in [0.2, 0.25) is 0 Å². The lowest BCUT2D eigenvalue weighted by atomic mass is 9.88. The van der Waals surface area contributed by atoms with Crippen LogP contribution in [0.5, 0.6) is 0 Å². The van der Waals surface area contributed by atoms with E-state index in [0.717, 1.165) is 44.7 Å². The topological polar surface area (TPSA) is 41.4 Å². The SMILES string of the molecule is CC(C)CN1c2cccnc2-n2cccc2[C@]12CCN(C(=O)C1CCCC1)C2. The number of anilines is 1. The minimum Gasteiger partial charge on any atom is -0.355 e. The molecule has 3 aliphatic rings. The van der Waals surface area contributed by atoms with Crippen molar-refractivity contribution in [1.29, 1.82) is 0 Å². The van der Waals surface area contributed by atoms with Crippen LogP contribution in [0.4, 0.5) is 5.69 Å². The molecular weight excluding hydrogens is 348 g/mol. The molecule has 28 heavy (non-hydrogen) atoms. The average molecular weight is 379 g/mol. The van der Waals surface area contributed by atoms with E-state index in [1.165, 1.54) is 24.2 Å². The van der Waals surface area contributed by atoms with Crippen LogP contribution in [0.3, 0.4) is 0 Å². The maximum absolute atomic E-state index is 13.2. The number of fused-ring (bicyclic) bond motifs is 4. The highest BCUT2D eigenvalue weighted by Crippen LogP contribution is 2.47. The van der Waals surface area contributed by atoms with Crippen LogP contribution in [0.15, 0.2) is 36.7 Å². The number of nitrogens with zero attached hydrogens (tertiary/aromatic N) is 4. The summed E-state index contributed by atoms with van der Waals surface area (Å²) in [4.78, 5) is 22.6. The number of rotatable bonds is 3. The highest BCUT2D eigenvalue weighted by molar-refractivity contribution is 5.80. The number of carbonyl (C=O) groups is 1. The summed E-state index contributed by atoms with van der Waals surface area (Å²) in [6.07, 6.45) is 9.53. The van der Waals surface area contributed by atoms with Gasteiger partial charge >= 0.3 is 0 Å². The van der Waals surface area contributed by atoms with Gasteiger partial charge in [-0.3, -0.25) is 4.79 Å². The van der Waals surface area contributed by atoms with E-state index >= 15 is 0 Å². The van der Waals surface area contributed by atoms with Gasteiger partial charge in [0.1, 0.15) is 5.54 Å². The standard InChI is InChI=1S/C23H30N4O/c1-17(2)15-27-19-9-5-12-24-21(19)26-13-6-10-20(26)23(27)11-14-25(16-23)22(28)18-7-3-4-8-18/h5-6,9-10,12-13,17-18H,3-4,7-8,11,14-16H2,1-2H3/t23-/m1/s1. The molecule has 148 valence electrons. The van der Waals surface area contributed by atoms with Gasteiger partial charge in [0, 0.05) is 37.9 Å². The Balaban J connectivity index is 1.56. The molecular formula is C23H30N4O.